The van der Waals surface area contributed by atoms with Crippen LogP contribution in [0, 0.1) is 12.3 Å². The number of carbonyl (C=O) groups excluding carboxylic acids is 1. The van der Waals surface area contributed by atoms with Gasteiger partial charge in [-0.3, -0.25) is 4.79 Å². The second kappa shape index (κ2) is 2.67. The first-order valence-electron chi connectivity index (χ1n) is 4.78. The molecule has 74 valence electrons. The molecule has 0 aliphatic heterocycles. The molecule has 2 rings (SSSR count). The number of hydrogen-bond acceptors (Lipinski definition) is 2. The topological polar surface area (TPSA) is 37.3 Å². The van der Waals surface area contributed by atoms with Crippen molar-refractivity contribution < 1.29 is 9.90 Å². The molecule has 1 aromatic carbocycles. The van der Waals surface area contributed by atoms with E-state index in [2.05, 4.69) is 0 Å². The predicted molar refractivity (Wildman–Crippen MR) is 54.3 cm³/mol. The van der Waals surface area contributed by atoms with Crippen molar-refractivity contribution in [2.24, 2.45) is 5.41 Å². The lowest BCUT2D eigenvalue weighted by molar-refractivity contribution is 0.0491. The van der Waals surface area contributed by atoms with Crippen LogP contribution in [0.5, 0.6) is 0 Å². The highest BCUT2D eigenvalue weighted by Gasteiger charge is 2.45. The van der Waals surface area contributed by atoms with E-state index in [0.29, 0.717) is 5.56 Å². The van der Waals surface area contributed by atoms with Crippen LogP contribution in [-0.4, -0.2) is 10.9 Å². The maximum Gasteiger partial charge on any atom is 0.171 e. The molecule has 2 nitrogen and oxygen atoms in total. The van der Waals surface area contributed by atoms with E-state index in [1.165, 1.54) is 0 Å². The van der Waals surface area contributed by atoms with Crippen molar-refractivity contribution in [2.75, 3.05) is 0 Å². The summed E-state index contributed by atoms with van der Waals surface area (Å²) in [6.07, 6.45) is -0.662. The average molecular weight is 190 g/mol. The predicted octanol–water partition coefficient (Wildman–Crippen LogP) is 2.25. The van der Waals surface area contributed by atoms with E-state index >= 15 is 0 Å². The van der Waals surface area contributed by atoms with Gasteiger partial charge in [0.2, 0.25) is 0 Å². The van der Waals surface area contributed by atoms with E-state index in [0.717, 1.165) is 11.1 Å². The molecule has 14 heavy (non-hydrogen) atoms. The number of Topliss-reactive ketones (excluding diaryl/α,β-unsaturated/α-hetero) is 1. The smallest absolute Gasteiger partial charge is 0.171 e. The summed E-state index contributed by atoms with van der Waals surface area (Å²) in [6.45, 7) is 5.54. The van der Waals surface area contributed by atoms with Crippen LogP contribution < -0.4 is 0 Å². The van der Waals surface area contributed by atoms with Crippen molar-refractivity contribution in [2.45, 2.75) is 26.9 Å². The zero-order chi connectivity index (χ0) is 10.5. The summed E-state index contributed by atoms with van der Waals surface area (Å²) in [6, 6.07) is 5.61. The Balaban J connectivity index is 2.65. The summed E-state index contributed by atoms with van der Waals surface area (Å²) in [7, 11) is 0. The Kier molecular flexibility index (Phi) is 1.80. The van der Waals surface area contributed by atoms with E-state index in [-0.39, 0.29) is 5.78 Å². The Morgan fingerprint density at radius 3 is 2.64 bits per heavy atom. The van der Waals surface area contributed by atoms with Gasteiger partial charge in [-0.25, -0.2) is 0 Å². The number of fused-ring (bicyclic) bond motifs is 1. The van der Waals surface area contributed by atoms with E-state index in [9.17, 15) is 9.90 Å². The van der Waals surface area contributed by atoms with Gasteiger partial charge in [0.25, 0.3) is 0 Å². The summed E-state index contributed by atoms with van der Waals surface area (Å²) >= 11 is 0. The van der Waals surface area contributed by atoms with Crippen molar-refractivity contribution in [1.29, 1.82) is 0 Å². The van der Waals surface area contributed by atoms with Crippen LogP contribution in [0.2, 0.25) is 0 Å². The van der Waals surface area contributed by atoms with Gasteiger partial charge in [-0.2, -0.15) is 0 Å². The Bertz CT molecular complexity index is 405. The fraction of sp³-hybridized carbons (Fsp3) is 0.417. The molecule has 2 heteroatoms. The van der Waals surface area contributed by atoms with Crippen molar-refractivity contribution in [1.82, 2.24) is 0 Å². The fourth-order valence-electron chi connectivity index (χ4n) is 1.98. The number of rotatable bonds is 0. The first-order chi connectivity index (χ1) is 6.44. The highest BCUT2D eigenvalue weighted by molar-refractivity contribution is 6.05. The van der Waals surface area contributed by atoms with Crippen LogP contribution in [0.3, 0.4) is 0 Å². The monoisotopic (exact) mass is 190 g/mol. The fourth-order valence-corrected chi connectivity index (χ4v) is 1.98. The van der Waals surface area contributed by atoms with Crippen LogP contribution >= 0.6 is 0 Å². The molecule has 1 atom stereocenters. The number of carbonyl (C=O) groups is 1. The maximum absolute atomic E-state index is 11.9. The molecule has 0 aromatic heterocycles. The van der Waals surface area contributed by atoms with Crippen molar-refractivity contribution in [3.05, 3.63) is 34.9 Å². The van der Waals surface area contributed by atoms with Gasteiger partial charge in [-0.15, -0.1) is 0 Å². The van der Waals surface area contributed by atoms with Crippen molar-refractivity contribution in [3.63, 3.8) is 0 Å². The van der Waals surface area contributed by atoms with Crippen molar-refractivity contribution in [3.8, 4) is 0 Å². The lowest BCUT2D eigenvalue weighted by atomic mass is 9.86. The SMILES string of the molecule is Cc1ccc2c(c1)C(O)C(C)(C)C2=O. The minimum Gasteiger partial charge on any atom is -0.387 e. The van der Waals surface area contributed by atoms with E-state index in [1.54, 1.807) is 13.8 Å². The summed E-state index contributed by atoms with van der Waals surface area (Å²) in [4.78, 5) is 11.9. The Morgan fingerprint density at radius 2 is 2.00 bits per heavy atom. The molecule has 1 unspecified atom stereocenters. The molecule has 0 radical (unpaired) electrons. The highest BCUT2D eigenvalue weighted by Crippen LogP contribution is 2.44. The van der Waals surface area contributed by atoms with Gasteiger partial charge in [0.1, 0.15) is 0 Å². The molecule has 0 heterocycles. The maximum atomic E-state index is 11.9. The standard InChI is InChI=1S/C12H14O2/c1-7-4-5-8-9(6-7)11(14)12(2,3)10(8)13/h4-6,11,14H,1-3H3. The number of benzene rings is 1. The lowest BCUT2D eigenvalue weighted by Crippen LogP contribution is -2.23. The number of aryl methyl sites for hydroxylation is 1. The molecule has 0 saturated heterocycles. The first-order valence-corrected chi connectivity index (χ1v) is 4.78. The molecular weight excluding hydrogens is 176 g/mol. The number of ketones is 1. The van der Waals surface area contributed by atoms with Crippen LogP contribution in [0.1, 0.15) is 41.4 Å². The molecule has 0 saturated carbocycles. The van der Waals surface area contributed by atoms with Gasteiger partial charge >= 0.3 is 0 Å². The van der Waals surface area contributed by atoms with Crippen molar-refractivity contribution >= 4 is 5.78 Å². The average Bonchev–Trinajstić information content (AvgIpc) is 2.29. The zero-order valence-electron chi connectivity index (χ0n) is 8.66. The Hall–Kier alpha value is -1.15. The van der Waals surface area contributed by atoms with Crippen LogP contribution in [0.15, 0.2) is 18.2 Å². The molecule has 0 fully saturated rings. The van der Waals surface area contributed by atoms with Crippen LogP contribution in [0.25, 0.3) is 0 Å². The van der Waals surface area contributed by atoms with E-state index in [4.69, 9.17) is 0 Å². The summed E-state index contributed by atoms with van der Waals surface area (Å²) < 4.78 is 0. The normalized spacial score (nSPS) is 23.7. The minimum absolute atomic E-state index is 0.0417. The zero-order valence-corrected chi connectivity index (χ0v) is 8.66. The number of aliphatic hydroxyl groups is 1. The van der Waals surface area contributed by atoms with Gasteiger partial charge in [0.15, 0.2) is 5.78 Å². The van der Waals surface area contributed by atoms with E-state index < -0.39 is 11.5 Å². The quantitative estimate of drug-likeness (QED) is 0.681. The van der Waals surface area contributed by atoms with Gasteiger partial charge in [-0.05, 0) is 26.3 Å². The molecule has 1 aromatic rings. The third-order valence-electron chi connectivity index (χ3n) is 3.02. The molecule has 0 amide bonds. The van der Waals surface area contributed by atoms with E-state index in [1.807, 2.05) is 25.1 Å². The summed E-state index contributed by atoms with van der Waals surface area (Å²) in [5.41, 5.74) is 1.86. The Morgan fingerprint density at radius 1 is 1.36 bits per heavy atom. The van der Waals surface area contributed by atoms with Crippen LogP contribution in [0.4, 0.5) is 0 Å². The van der Waals surface area contributed by atoms with Gasteiger partial charge in [0.05, 0.1) is 11.5 Å². The van der Waals surface area contributed by atoms with Gasteiger partial charge in [0, 0.05) is 5.56 Å². The molecule has 0 bridgehead atoms. The molecule has 0 spiro atoms. The lowest BCUT2D eigenvalue weighted by Gasteiger charge is -2.20. The molecule has 1 N–H and O–H groups in total. The van der Waals surface area contributed by atoms with Crippen LogP contribution in [-0.2, 0) is 0 Å². The third kappa shape index (κ3) is 1.04. The molecule has 1 aliphatic carbocycles. The molecular formula is C12H14O2. The second-order valence-corrected chi connectivity index (χ2v) is 4.54. The first kappa shape index (κ1) is 9.41. The number of aliphatic hydroxyl groups excluding tert-OH is 1. The minimum atomic E-state index is -0.671. The second-order valence-electron chi connectivity index (χ2n) is 4.54. The summed E-state index contributed by atoms with van der Waals surface area (Å²) in [5, 5.41) is 9.98. The molecule has 1 aliphatic rings. The third-order valence-corrected chi connectivity index (χ3v) is 3.02. The summed E-state index contributed by atoms with van der Waals surface area (Å²) in [5.74, 6) is 0.0417. The van der Waals surface area contributed by atoms with Gasteiger partial charge in [-0.1, -0.05) is 23.8 Å². The largest absolute Gasteiger partial charge is 0.387 e. The van der Waals surface area contributed by atoms with Gasteiger partial charge < -0.3 is 5.11 Å². The highest BCUT2D eigenvalue weighted by atomic mass is 16.3. The number of hydrogen-bond donors (Lipinski definition) is 1. The Labute approximate surface area is 83.6 Å².